The van der Waals surface area contributed by atoms with E-state index in [9.17, 15) is 4.79 Å². The van der Waals surface area contributed by atoms with E-state index in [0.29, 0.717) is 6.54 Å². The lowest BCUT2D eigenvalue weighted by Gasteiger charge is -2.02. The van der Waals surface area contributed by atoms with Crippen molar-refractivity contribution in [1.82, 2.24) is 15.1 Å². The number of anilines is 1. The molecule has 3 N–H and O–H groups in total. The van der Waals surface area contributed by atoms with Gasteiger partial charge in [-0.15, -0.1) is 0 Å². The van der Waals surface area contributed by atoms with Crippen LogP contribution in [0.1, 0.15) is 5.56 Å². The van der Waals surface area contributed by atoms with Gasteiger partial charge in [0.05, 0.1) is 18.5 Å². The standard InChI is InChI=1S/C16H20N4O2/c21-10-9-18-16(22)13-20-12-15(11-19-20)17-8-4-7-14-5-2-1-3-6-14/h1-7,11-12,17,21H,8-10,13H2,(H,18,22)/b7-4+. The second-order valence-electron chi connectivity index (χ2n) is 4.69. The van der Waals surface area contributed by atoms with Crippen molar-refractivity contribution >= 4 is 17.7 Å². The summed E-state index contributed by atoms with van der Waals surface area (Å²) >= 11 is 0. The number of rotatable bonds is 8. The third-order valence-electron chi connectivity index (χ3n) is 2.91. The van der Waals surface area contributed by atoms with Crippen LogP contribution in [0.3, 0.4) is 0 Å². The van der Waals surface area contributed by atoms with Crippen LogP contribution in [0.15, 0.2) is 48.8 Å². The molecule has 0 fully saturated rings. The fourth-order valence-corrected chi connectivity index (χ4v) is 1.88. The van der Waals surface area contributed by atoms with Crippen molar-refractivity contribution in [2.45, 2.75) is 6.54 Å². The first-order valence-electron chi connectivity index (χ1n) is 7.13. The molecule has 6 nitrogen and oxygen atoms in total. The number of hydrogen-bond acceptors (Lipinski definition) is 4. The maximum atomic E-state index is 11.5. The Hall–Kier alpha value is -2.60. The molecule has 0 radical (unpaired) electrons. The van der Waals surface area contributed by atoms with E-state index >= 15 is 0 Å². The topological polar surface area (TPSA) is 79.2 Å². The van der Waals surface area contributed by atoms with E-state index in [1.165, 1.54) is 0 Å². The summed E-state index contributed by atoms with van der Waals surface area (Å²) < 4.78 is 1.55. The van der Waals surface area contributed by atoms with Crippen LogP contribution in [0.4, 0.5) is 5.69 Å². The summed E-state index contributed by atoms with van der Waals surface area (Å²) in [6, 6.07) is 10.1. The number of amides is 1. The van der Waals surface area contributed by atoms with Crippen molar-refractivity contribution in [2.75, 3.05) is 25.0 Å². The largest absolute Gasteiger partial charge is 0.395 e. The summed E-state index contributed by atoms with van der Waals surface area (Å²) in [5.74, 6) is -0.173. The van der Waals surface area contributed by atoms with Crippen molar-refractivity contribution in [3.63, 3.8) is 0 Å². The summed E-state index contributed by atoms with van der Waals surface area (Å²) in [7, 11) is 0. The maximum absolute atomic E-state index is 11.5. The fraction of sp³-hybridized carbons (Fsp3) is 0.250. The molecular weight excluding hydrogens is 280 g/mol. The van der Waals surface area contributed by atoms with Crippen LogP contribution in [-0.2, 0) is 11.3 Å². The molecule has 0 spiro atoms. The fourth-order valence-electron chi connectivity index (χ4n) is 1.88. The molecule has 0 aliphatic rings. The maximum Gasteiger partial charge on any atom is 0.241 e. The van der Waals surface area contributed by atoms with E-state index in [1.807, 2.05) is 42.5 Å². The average molecular weight is 300 g/mol. The van der Waals surface area contributed by atoms with Crippen LogP contribution >= 0.6 is 0 Å². The molecule has 0 unspecified atom stereocenters. The molecule has 2 rings (SSSR count). The monoisotopic (exact) mass is 300 g/mol. The molecule has 1 aromatic carbocycles. The van der Waals surface area contributed by atoms with E-state index in [-0.39, 0.29) is 25.6 Å². The number of carbonyl (C=O) groups is 1. The lowest BCUT2D eigenvalue weighted by atomic mass is 10.2. The number of carbonyl (C=O) groups excluding carboxylic acids is 1. The third kappa shape index (κ3) is 5.41. The molecule has 0 saturated carbocycles. The first kappa shape index (κ1) is 15.8. The second-order valence-corrected chi connectivity index (χ2v) is 4.69. The molecule has 116 valence electrons. The molecule has 0 atom stereocenters. The minimum atomic E-state index is -0.173. The molecule has 0 aliphatic heterocycles. The molecule has 1 amide bonds. The first-order valence-corrected chi connectivity index (χ1v) is 7.13. The number of benzene rings is 1. The van der Waals surface area contributed by atoms with Gasteiger partial charge in [-0.2, -0.15) is 5.10 Å². The lowest BCUT2D eigenvalue weighted by molar-refractivity contribution is -0.122. The highest BCUT2D eigenvalue weighted by molar-refractivity contribution is 5.75. The number of aliphatic hydroxyl groups excluding tert-OH is 1. The van der Waals surface area contributed by atoms with Gasteiger partial charge in [0.15, 0.2) is 0 Å². The Balaban J connectivity index is 1.75. The van der Waals surface area contributed by atoms with Gasteiger partial charge < -0.3 is 15.7 Å². The molecule has 1 aromatic heterocycles. The van der Waals surface area contributed by atoms with Crippen molar-refractivity contribution < 1.29 is 9.90 Å². The predicted octanol–water partition coefficient (Wildman–Crippen LogP) is 1.12. The van der Waals surface area contributed by atoms with Gasteiger partial charge in [0.2, 0.25) is 5.91 Å². The minimum absolute atomic E-state index is 0.0641. The third-order valence-corrected chi connectivity index (χ3v) is 2.91. The summed E-state index contributed by atoms with van der Waals surface area (Å²) in [4.78, 5) is 11.5. The van der Waals surface area contributed by atoms with Crippen LogP contribution in [0.25, 0.3) is 6.08 Å². The smallest absolute Gasteiger partial charge is 0.241 e. The van der Waals surface area contributed by atoms with Crippen LogP contribution in [-0.4, -0.2) is 40.5 Å². The zero-order valence-electron chi connectivity index (χ0n) is 12.3. The number of aromatic nitrogens is 2. The summed E-state index contributed by atoms with van der Waals surface area (Å²) in [6.45, 7) is 1.01. The number of nitrogens with one attached hydrogen (secondary N) is 2. The van der Waals surface area contributed by atoms with Gasteiger partial charge in [-0.1, -0.05) is 42.5 Å². The molecule has 2 aromatic rings. The number of aliphatic hydroxyl groups is 1. The Morgan fingerprint density at radius 3 is 2.91 bits per heavy atom. The van der Waals surface area contributed by atoms with Crippen LogP contribution < -0.4 is 10.6 Å². The number of nitrogens with zero attached hydrogens (tertiary/aromatic N) is 2. The first-order chi connectivity index (χ1) is 10.8. The molecule has 1 heterocycles. The molecule has 6 heteroatoms. The Morgan fingerprint density at radius 1 is 1.32 bits per heavy atom. The summed E-state index contributed by atoms with van der Waals surface area (Å²) in [5, 5.41) is 18.5. The molecule has 22 heavy (non-hydrogen) atoms. The normalized spacial score (nSPS) is 10.8. The average Bonchev–Trinajstić information content (AvgIpc) is 2.98. The minimum Gasteiger partial charge on any atom is -0.395 e. The van der Waals surface area contributed by atoms with Crippen molar-refractivity contribution in [1.29, 1.82) is 0 Å². The quantitative estimate of drug-likeness (QED) is 0.682. The highest BCUT2D eigenvalue weighted by Crippen LogP contribution is 2.05. The Labute approximate surface area is 129 Å². The zero-order valence-corrected chi connectivity index (χ0v) is 12.3. The Bertz CT molecular complexity index is 608. The highest BCUT2D eigenvalue weighted by atomic mass is 16.3. The van der Waals surface area contributed by atoms with E-state index in [0.717, 1.165) is 11.3 Å². The van der Waals surface area contributed by atoms with Crippen molar-refractivity contribution in [3.8, 4) is 0 Å². The van der Waals surface area contributed by atoms with Crippen LogP contribution in [0.2, 0.25) is 0 Å². The number of hydrogen-bond donors (Lipinski definition) is 3. The van der Waals surface area contributed by atoms with Crippen molar-refractivity contribution in [3.05, 3.63) is 54.4 Å². The van der Waals surface area contributed by atoms with Gasteiger partial charge in [-0.25, -0.2) is 0 Å². The van der Waals surface area contributed by atoms with Crippen molar-refractivity contribution in [2.24, 2.45) is 0 Å². The second kappa shape index (κ2) is 8.63. The van der Waals surface area contributed by atoms with Crippen LogP contribution in [0.5, 0.6) is 0 Å². The van der Waals surface area contributed by atoms with Gasteiger partial charge >= 0.3 is 0 Å². The Morgan fingerprint density at radius 2 is 2.14 bits per heavy atom. The van der Waals surface area contributed by atoms with Crippen LogP contribution in [0, 0.1) is 0 Å². The van der Waals surface area contributed by atoms with E-state index in [2.05, 4.69) is 15.7 Å². The Kier molecular flexibility index (Phi) is 6.19. The summed E-state index contributed by atoms with van der Waals surface area (Å²) in [5.41, 5.74) is 2.01. The summed E-state index contributed by atoms with van der Waals surface area (Å²) in [6.07, 6.45) is 7.52. The molecule has 0 aliphatic carbocycles. The zero-order chi connectivity index (χ0) is 15.6. The van der Waals surface area contributed by atoms with E-state index in [4.69, 9.17) is 5.11 Å². The SMILES string of the molecule is O=C(Cn1cc(NC/C=C/c2ccccc2)cn1)NCCO. The van der Waals surface area contributed by atoms with Gasteiger partial charge in [0.1, 0.15) is 6.54 Å². The predicted molar refractivity (Wildman–Crippen MR) is 86.3 cm³/mol. The van der Waals surface area contributed by atoms with Gasteiger partial charge in [0, 0.05) is 19.3 Å². The van der Waals surface area contributed by atoms with Gasteiger partial charge in [-0.05, 0) is 5.56 Å². The molecule has 0 bridgehead atoms. The molecule has 0 saturated heterocycles. The molecular formula is C16H20N4O2. The van der Waals surface area contributed by atoms with E-state index < -0.39 is 0 Å². The lowest BCUT2D eigenvalue weighted by Crippen LogP contribution is -2.30. The van der Waals surface area contributed by atoms with Gasteiger partial charge in [-0.3, -0.25) is 9.48 Å². The van der Waals surface area contributed by atoms with Gasteiger partial charge in [0.25, 0.3) is 0 Å². The highest BCUT2D eigenvalue weighted by Gasteiger charge is 2.03. The van der Waals surface area contributed by atoms with E-state index in [1.54, 1.807) is 17.1 Å².